The summed E-state index contributed by atoms with van der Waals surface area (Å²) in [7, 11) is 0. The molecule has 0 radical (unpaired) electrons. The van der Waals surface area contributed by atoms with Crippen LogP contribution < -0.4 is 5.32 Å². The first-order chi connectivity index (χ1) is 9.74. The van der Waals surface area contributed by atoms with Crippen molar-refractivity contribution in [2.45, 2.75) is 6.04 Å². The van der Waals surface area contributed by atoms with Crippen LogP contribution in [0.15, 0.2) is 40.2 Å². The number of thiophene rings is 1. The highest BCUT2D eigenvalue weighted by Crippen LogP contribution is 2.33. The molecule has 1 fully saturated rings. The minimum absolute atomic E-state index is 0. The number of hydrogen-bond acceptors (Lipinski definition) is 3. The van der Waals surface area contributed by atoms with Gasteiger partial charge < -0.3 is 5.32 Å². The van der Waals surface area contributed by atoms with E-state index in [2.05, 4.69) is 43.7 Å². The summed E-state index contributed by atoms with van der Waals surface area (Å²) in [6.07, 6.45) is 0. The molecule has 3 rings (SSSR count). The molecule has 0 spiro atoms. The summed E-state index contributed by atoms with van der Waals surface area (Å²) in [6.45, 7) is 3.93. The van der Waals surface area contributed by atoms with Crippen molar-refractivity contribution in [1.29, 1.82) is 0 Å². The summed E-state index contributed by atoms with van der Waals surface area (Å²) >= 11 is 5.13. The zero-order valence-corrected chi connectivity index (χ0v) is 15.8. The summed E-state index contributed by atoms with van der Waals surface area (Å²) in [6, 6.07) is 9.52. The van der Waals surface area contributed by atoms with Crippen LogP contribution in [0.2, 0.25) is 0 Å². The molecule has 2 aromatic rings. The van der Waals surface area contributed by atoms with Crippen molar-refractivity contribution >= 4 is 52.1 Å². The van der Waals surface area contributed by atoms with Crippen LogP contribution >= 0.6 is 52.1 Å². The topological polar surface area (TPSA) is 15.3 Å². The van der Waals surface area contributed by atoms with Crippen molar-refractivity contribution in [3.8, 4) is 0 Å². The fourth-order valence-corrected chi connectivity index (χ4v) is 4.04. The van der Waals surface area contributed by atoms with Crippen LogP contribution in [0.1, 0.15) is 16.5 Å². The predicted molar refractivity (Wildman–Crippen MR) is 99.2 cm³/mol. The number of halogens is 4. The van der Waals surface area contributed by atoms with Crippen LogP contribution in [0.3, 0.4) is 0 Å². The normalized spacial score (nSPS) is 16.5. The van der Waals surface area contributed by atoms with Gasteiger partial charge in [0.1, 0.15) is 5.82 Å². The molecule has 2 nitrogen and oxygen atoms in total. The van der Waals surface area contributed by atoms with E-state index in [-0.39, 0.29) is 36.7 Å². The second-order valence-electron chi connectivity index (χ2n) is 4.91. The van der Waals surface area contributed by atoms with Crippen LogP contribution in [0.4, 0.5) is 4.39 Å². The first-order valence-corrected chi connectivity index (χ1v) is 8.35. The minimum atomic E-state index is -0.189. The Morgan fingerprint density at radius 2 is 1.91 bits per heavy atom. The molecule has 122 valence electrons. The molecule has 0 bridgehead atoms. The van der Waals surface area contributed by atoms with Crippen molar-refractivity contribution in [3.63, 3.8) is 0 Å². The smallest absolute Gasteiger partial charge is 0.124 e. The van der Waals surface area contributed by atoms with Crippen molar-refractivity contribution in [2.75, 3.05) is 26.2 Å². The third-order valence-corrected chi connectivity index (χ3v) is 4.91. The zero-order valence-electron chi connectivity index (χ0n) is 11.8. The van der Waals surface area contributed by atoms with E-state index in [4.69, 9.17) is 0 Å². The fraction of sp³-hybridized carbons (Fsp3) is 0.333. The lowest BCUT2D eigenvalue weighted by atomic mass is 10.0. The monoisotopic (exact) mass is 426 g/mol. The molecule has 1 aliphatic rings. The van der Waals surface area contributed by atoms with E-state index in [1.807, 2.05) is 6.07 Å². The number of hydrogen-bond donors (Lipinski definition) is 1. The Hall–Kier alpha value is -0.170. The number of nitrogens with zero attached hydrogens (tertiary/aromatic N) is 1. The van der Waals surface area contributed by atoms with Gasteiger partial charge in [-0.15, -0.1) is 36.2 Å². The Kier molecular flexibility index (Phi) is 8.32. The SMILES string of the molecule is Cl.Cl.Fc1cc(Br)cc([C@@H](c2cccs2)N2CCNCC2)c1. The average Bonchev–Trinajstić information content (AvgIpc) is 2.93. The zero-order chi connectivity index (χ0) is 13.9. The molecule has 2 heterocycles. The molecule has 1 aromatic heterocycles. The maximum absolute atomic E-state index is 13.7. The molecule has 22 heavy (non-hydrogen) atoms. The van der Waals surface area contributed by atoms with Gasteiger partial charge in [0.2, 0.25) is 0 Å². The summed E-state index contributed by atoms with van der Waals surface area (Å²) in [4.78, 5) is 3.69. The highest BCUT2D eigenvalue weighted by atomic mass is 79.9. The second kappa shape index (κ2) is 9.21. The Morgan fingerprint density at radius 1 is 1.18 bits per heavy atom. The number of rotatable bonds is 3. The molecule has 0 saturated carbocycles. The quantitative estimate of drug-likeness (QED) is 0.776. The first-order valence-electron chi connectivity index (χ1n) is 6.68. The van der Waals surface area contributed by atoms with E-state index in [0.29, 0.717) is 0 Å². The number of piperazine rings is 1. The third-order valence-electron chi connectivity index (χ3n) is 3.53. The van der Waals surface area contributed by atoms with Crippen molar-refractivity contribution in [2.24, 2.45) is 0 Å². The molecule has 0 unspecified atom stereocenters. The Morgan fingerprint density at radius 3 is 2.50 bits per heavy atom. The highest BCUT2D eigenvalue weighted by Gasteiger charge is 2.25. The summed E-state index contributed by atoms with van der Waals surface area (Å²) in [5.41, 5.74) is 1.02. The van der Waals surface area contributed by atoms with Gasteiger partial charge in [-0.05, 0) is 35.2 Å². The van der Waals surface area contributed by atoms with Crippen molar-refractivity contribution in [1.82, 2.24) is 10.2 Å². The molecular weight excluding hydrogens is 410 g/mol. The molecular formula is C15H18BrCl2FN2S. The van der Waals surface area contributed by atoms with Crippen LogP contribution in [0.25, 0.3) is 0 Å². The minimum Gasteiger partial charge on any atom is -0.314 e. The largest absolute Gasteiger partial charge is 0.314 e. The van der Waals surface area contributed by atoms with Gasteiger partial charge in [-0.1, -0.05) is 22.0 Å². The molecule has 7 heteroatoms. The van der Waals surface area contributed by atoms with E-state index in [1.54, 1.807) is 17.4 Å². The van der Waals surface area contributed by atoms with E-state index in [9.17, 15) is 4.39 Å². The molecule has 1 aliphatic heterocycles. The number of nitrogens with one attached hydrogen (secondary N) is 1. The first kappa shape index (κ1) is 19.9. The van der Waals surface area contributed by atoms with Gasteiger partial charge in [-0.3, -0.25) is 4.90 Å². The molecule has 1 atom stereocenters. The van der Waals surface area contributed by atoms with Crippen LogP contribution in [0, 0.1) is 5.82 Å². The second-order valence-corrected chi connectivity index (χ2v) is 6.80. The van der Waals surface area contributed by atoms with Crippen LogP contribution in [-0.2, 0) is 0 Å². The molecule has 0 aliphatic carbocycles. The maximum atomic E-state index is 13.7. The van der Waals surface area contributed by atoms with Gasteiger partial charge in [0.25, 0.3) is 0 Å². The fourth-order valence-electron chi connectivity index (χ4n) is 2.68. The van der Waals surface area contributed by atoms with Crippen molar-refractivity contribution in [3.05, 3.63) is 56.4 Å². The van der Waals surface area contributed by atoms with E-state index < -0.39 is 0 Å². The lowest BCUT2D eigenvalue weighted by Crippen LogP contribution is -2.45. The highest BCUT2D eigenvalue weighted by molar-refractivity contribution is 9.10. The van der Waals surface area contributed by atoms with Gasteiger partial charge in [-0.25, -0.2) is 4.39 Å². The van der Waals surface area contributed by atoms with Gasteiger partial charge >= 0.3 is 0 Å². The predicted octanol–water partition coefficient (Wildman–Crippen LogP) is 4.49. The van der Waals surface area contributed by atoms with Gasteiger partial charge in [0.05, 0.1) is 6.04 Å². The van der Waals surface area contributed by atoms with E-state index >= 15 is 0 Å². The molecule has 1 aromatic carbocycles. The lowest BCUT2D eigenvalue weighted by molar-refractivity contribution is 0.200. The van der Waals surface area contributed by atoms with Crippen molar-refractivity contribution < 1.29 is 4.39 Å². The van der Waals surface area contributed by atoms with Gasteiger partial charge in [-0.2, -0.15) is 0 Å². The molecule has 1 saturated heterocycles. The Balaban J connectivity index is 0.00000121. The van der Waals surface area contributed by atoms with Crippen LogP contribution in [0.5, 0.6) is 0 Å². The summed E-state index contributed by atoms with van der Waals surface area (Å²) in [5.74, 6) is -0.189. The third kappa shape index (κ3) is 4.66. The standard InChI is InChI=1S/C15H16BrFN2S.2ClH/c16-12-8-11(9-13(17)10-12)15(14-2-1-7-20-14)19-5-3-18-4-6-19;;/h1-2,7-10,15,18H,3-6H2;2*1H/t15-;;/m0../s1. The van der Waals surface area contributed by atoms with Crippen LogP contribution in [-0.4, -0.2) is 31.1 Å². The van der Waals surface area contributed by atoms with Gasteiger partial charge in [0.15, 0.2) is 0 Å². The summed E-state index contributed by atoms with van der Waals surface area (Å²) in [5, 5.41) is 5.45. The lowest BCUT2D eigenvalue weighted by Gasteiger charge is -2.34. The molecule has 1 N–H and O–H groups in total. The van der Waals surface area contributed by atoms with E-state index in [1.165, 1.54) is 10.9 Å². The van der Waals surface area contributed by atoms with E-state index in [0.717, 1.165) is 36.2 Å². The number of benzene rings is 1. The average molecular weight is 428 g/mol. The maximum Gasteiger partial charge on any atom is 0.124 e. The Labute approximate surface area is 155 Å². The summed E-state index contributed by atoms with van der Waals surface area (Å²) < 4.78 is 14.5. The van der Waals surface area contributed by atoms with Gasteiger partial charge in [0, 0.05) is 35.5 Å². The Bertz CT molecular complexity index is 557. The molecule has 0 amide bonds.